The van der Waals surface area contributed by atoms with Gasteiger partial charge in [0.15, 0.2) is 0 Å². The average molecular weight is 719 g/mol. The van der Waals surface area contributed by atoms with Gasteiger partial charge in [0.1, 0.15) is 0 Å². The molecule has 0 bridgehead atoms. The molecule has 0 saturated heterocycles. The molecule has 0 N–H and O–H groups in total. The number of aromatic nitrogens is 2. The number of fused-ring (bicyclic) bond motifs is 21. The van der Waals surface area contributed by atoms with Gasteiger partial charge in [-0.3, -0.25) is 0 Å². The maximum absolute atomic E-state index is 7.16. The van der Waals surface area contributed by atoms with Gasteiger partial charge >= 0.3 is 253 Å². The summed E-state index contributed by atoms with van der Waals surface area (Å²) >= 11 is -2.21. The van der Waals surface area contributed by atoms with Crippen molar-refractivity contribution in [2.75, 3.05) is 0 Å². The molecule has 244 valence electrons. The zero-order valence-electron chi connectivity index (χ0n) is 29.6. The van der Waals surface area contributed by atoms with Crippen LogP contribution in [0.1, 0.15) is 36.5 Å². The van der Waals surface area contributed by atoms with Crippen molar-refractivity contribution in [3.8, 4) is 22.5 Å². The topological polar surface area (TPSA) is 20.9 Å². The van der Waals surface area contributed by atoms with E-state index >= 15 is 0 Å². The average Bonchev–Trinajstić information content (AvgIpc) is 3.77. The summed E-state index contributed by atoms with van der Waals surface area (Å²) in [6, 6.07) is 45.5. The quantitative estimate of drug-likeness (QED) is 0.0990. The van der Waals surface area contributed by atoms with Crippen LogP contribution in [-0.2, 0) is 5.66 Å². The van der Waals surface area contributed by atoms with Crippen LogP contribution in [-0.4, -0.2) is 13.3 Å². The molecule has 6 aromatic carbocycles. The van der Waals surface area contributed by atoms with Gasteiger partial charge in [-0.15, -0.1) is 0 Å². The van der Waals surface area contributed by atoms with Crippen molar-refractivity contribution < 1.29 is 13.6 Å². The number of benzene rings is 6. The van der Waals surface area contributed by atoms with Crippen LogP contribution in [0.4, 0.5) is 0 Å². The van der Waals surface area contributed by atoms with E-state index in [1.54, 1.807) is 0 Å². The number of hydrogen-bond acceptors (Lipinski definition) is 1. The molecule has 1 spiro atoms. The number of pyridine rings is 2. The molecule has 2 aliphatic rings. The molecule has 0 fully saturated rings. The van der Waals surface area contributed by atoms with E-state index in [1.165, 1.54) is 86.7 Å². The van der Waals surface area contributed by atoms with Gasteiger partial charge in [-0.1, -0.05) is 42.5 Å². The maximum atomic E-state index is 7.16. The number of furan rings is 1. The van der Waals surface area contributed by atoms with Crippen molar-refractivity contribution in [3.05, 3.63) is 150 Å². The van der Waals surface area contributed by atoms with E-state index in [9.17, 15) is 0 Å². The van der Waals surface area contributed by atoms with Crippen molar-refractivity contribution in [1.29, 1.82) is 0 Å². The number of rotatable bonds is 2. The number of hydrogen-bond donors (Lipinski definition) is 0. The van der Waals surface area contributed by atoms with Crippen molar-refractivity contribution in [2.45, 2.75) is 42.7 Å². The van der Waals surface area contributed by atoms with Gasteiger partial charge in [0.05, 0.1) is 0 Å². The second-order valence-electron chi connectivity index (χ2n) is 15.9. The predicted molar refractivity (Wildman–Crippen MR) is 213 cm³/mol. The van der Waals surface area contributed by atoms with Crippen LogP contribution in [0.25, 0.3) is 76.8 Å². The fourth-order valence-corrected chi connectivity index (χ4v) is 11.7. The van der Waals surface area contributed by atoms with Crippen LogP contribution >= 0.6 is 0 Å². The van der Waals surface area contributed by atoms with Crippen molar-refractivity contribution in [3.63, 3.8) is 0 Å². The Labute approximate surface area is 299 Å². The SMILES string of the molecule is CC(C)c1cc[n+]2c(c1)-c1c(ccc3c1oc1ccc4c5ccccc5c5ccccc5c4c13)C21c2ccccc2-c2cc[c]([Ge]([CH3])([CH3])[CH3])c[n+]21. The van der Waals surface area contributed by atoms with Gasteiger partial charge in [-0.25, -0.2) is 0 Å². The van der Waals surface area contributed by atoms with Crippen LogP contribution in [0.5, 0.6) is 0 Å². The monoisotopic (exact) mass is 720 g/mol. The van der Waals surface area contributed by atoms with Crippen LogP contribution in [0.3, 0.4) is 0 Å². The van der Waals surface area contributed by atoms with E-state index in [0.29, 0.717) is 5.92 Å². The van der Waals surface area contributed by atoms with Gasteiger partial charge < -0.3 is 0 Å². The van der Waals surface area contributed by atoms with Gasteiger partial charge in [-0.05, 0) is 5.39 Å². The first-order valence-corrected chi connectivity index (χ1v) is 25.6. The molecule has 3 aromatic heterocycles. The van der Waals surface area contributed by atoms with Crippen LogP contribution in [0.15, 0.2) is 138 Å². The Morgan fingerprint density at radius 2 is 1.25 bits per heavy atom. The Hall–Kier alpha value is -5.26. The molecule has 9 aromatic rings. The summed E-state index contributed by atoms with van der Waals surface area (Å²) in [6.45, 7) is 4.58. The summed E-state index contributed by atoms with van der Waals surface area (Å²) in [4.78, 5) is 0. The molecule has 1 unspecified atom stereocenters. The van der Waals surface area contributed by atoms with Crippen molar-refractivity contribution in [1.82, 2.24) is 0 Å². The molecule has 4 heteroatoms. The molecule has 0 saturated carbocycles. The summed E-state index contributed by atoms with van der Waals surface area (Å²) in [5.74, 6) is 7.87. The molecule has 0 radical (unpaired) electrons. The van der Waals surface area contributed by atoms with Gasteiger partial charge in [0.2, 0.25) is 0 Å². The normalized spacial score (nSPS) is 16.2. The molecule has 0 amide bonds. The van der Waals surface area contributed by atoms with E-state index in [1.807, 2.05) is 0 Å². The van der Waals surface area contributed by atoms with Gasteiger partial charge in [0.25, 0.3) is 0 Å². The molecule has 2 aliphatic heterocycles. The second-order valence-corrected chi connectivity index (χ2v) is 26.6. The van der Waals surface area contributed by atoms with Crippen molar-refractivity contribution >= 4 is 71.9 Å². The van der Waals surface area contributed by atoms with Crippen molar-refractivity contribution in [2.24, 2.45) is 0 Å². The molecular weight excluding hydrogens is 681 g/mol. The Balaban J connectivity index is 1.33. The van der Waals surface area contributed by atoms with E-state index in [2.05, 4.69) is 174 Å². The van der Waals surface area contributed by atoms with Crippen LogP contribution in [0, 0.1) is 0 Å². The molecule has 3 nitrogen and oxygen atoms in total. The first-order valence-electron chi connectivity index (χ1n) is 18.2. The summed E-state index contributed by atoms with van der Waals surface area (Å²) in [7, 11) is 0. The fraction of sp³-hybridized carbons (Fsp3) is 0.149. The summed E-state index contributed by atoms with van der Waals surface area (Å²) in [5, 5.41) is 10.0. The van der Waals surface area contributed by atoms with E-state index in [0.717, 1.165) is 11.2 Å². The molecule has 5 heterocycles. The number of nitrogens with zero attached hydrogens (tertiary/aromatic N) is 2. The predicted octanol–water partition coefficient (Wildman–Crippen LogP) is 10.5. The first-order chi connectivity index (χ1) is 24.8. The molecule has 1 atom stereocenters. The summed E-state index contributed by atoms with van der Waals surface area (Å²) in [5.41, 5.74) is 10.2. The van der Waals surface area contributed by atoms with E-state index < -0.39 is 18.9 Å². The van der Waals surface area contributed by atoms with E-state index in [-0.39, 0.29) is 0 Å². The van der Waals surface area contributed by atoms with Crippen LogP contribution < -0.4 is 13.5 Å². The van der Waals surface area contributed by atoms with E-state index in [4.69, 9.17) is 4.42 Å². The minimum atomic E-state index is -2.21. The zero-order valence-corrected chi connectivity index (χ0v) is 31.7. The minimum absolute atomic E-state index is 0.394. The molecular formula is C47H38GeN2O+2. The first kappa shape index (κ1) is 29.5. The Morgan fingerprint density at radius 1 is 0.588 bits per heavy atom. The zero-order chi connectivity index (χ0) is 34.4. The fourth-order valence-electron chi connectivity index (χ4n) is 9.44. The van der Waals surface area contributed by atoms with Crippen LogP contribution in [0.2, 0.25) is 17.3 Å². The summed E-state index contributed by atoms with van der Waals surface area (Å²) < 4.78 is 13.8. The Bertz CT molecular complexity index is 2970. The molecule has 0 aliphatic carbocycles. The third-order valence-electron chi connectivity index (χ3n) is 11.9. The molecule has 11 rings (SSSR count). The van der Waals surface area contributed by atoms with Gasteiger partial charge in [0, 0.05) is 0 Å². The standard InChI is InChI=1S/C47H38GeN2O/c1-28(2)29-24-25-49-41(26-29)45-39(47(49)38-17-11-10-16-36(38)40-22-18-30(27-50(40)47)48(3,4)5)21-19-37-44-42(51-46(37)45)23-20-35-33-14-7-6-12-31(33)32-13-8-9-15-34(32)43(35)44/h6-28H,1-5H3/q+2. The van der Waals surface area contributed by atoms with Gasteiger partial charge in [-0.2, -0.15) is 0 Å². The third kappa shape index (κ3) is 3.65. The Kier molecular flexibility index (Phi) is 5.75. The molecule has 51 heavy (non-hydrogen) atoms. The Morgan fingerprint density at radius 3 is 2.00 bits per heavy atom. The second kappa shape index (κ2) is 9.95. The summed E-state index contributed by atoms with van der Waals surface area (Å²) in [6.07, 6.45) is 4.84. The third-order valence-corrected chi connectivity index (χ3v) is 16.1.